The molecule has 0 N–H and O–H groups in total. The minimum absolute atomic E-state index is 0.00839. The molecule has 0 atom stereocenters. The van der Waals surface area contributed by atoms with Crippen LogP contribution in [-0.4, -0.2) is 9.13 Å². The molecule has 2 aliphatic rings. The van der Waals surface area contributed by atoms with Gasteiger partial charge in [0.05, 0.1) is 22.4 Å². The fraction of sp³-hybridized carbons (Fsp3) is 0. The summed E-state index contributed by atoms with van der Waals surface area (Å²) in [5.41, 5.74) is 15.1. The molecular formula is C98H54N2O2S2. The molecule has 6 heteroatoms. The molecule has 0 saturated heterocycles. The second-order valence-corrected chi connectivity index (χ2v) is 30.2. The molecular weight excluding hydrogens is 1300 g/mol. The molecule has 0 fully saturated rings. The van der Waals surface area contributed by atoms with Crippen molar-refractivity contribution in [2.45, 2.75) is 19.6 Å². The molecule has 0 bridgehead atoms. The van der Waals surface area contributed by atoms with Gasteiger partial charge in [0.1, 0.15) is 0 Å². The highest BCUT2D eigenvalue weighted by molar-refractivity contribution is 8.00. The second-order valence-electron chi connectivity index (χ2n) is 28.0. The highest BCUT2D eigenvalue weighted by Crippen LogP contribution is 2.51. The van der Waals surface area contributed by atoms with Crippen LogP contribution in [0.25, 0.3) is 207 Å². The Kier molecular flexibility index (Phi) is 12.2. The van der Waals surface area contributed by atoms with Crippen LogP contribution in [0.5, 0.6) is 0 Å². The average Bonchev–Trinajstić information content (AvgIpc) is 0.717. The molecule has 104 heavy (non-hydrogen) atoms. The maximum atomic E-state index is 15.0. The monoisotopic (exact) mass is 1350 g/mol. The molecule has 480 valence electrons. The fourth-order valence-electron chi connectivity index (χ4n) is 17.8. The number of rotatable bonds is 5. The van der Waals surface area contributed by atoms with Crippen molar-refractivity contribution in [3.8, 4) is 67.0 Å². The number of hydrogen-bond donors (Lipinski definition) is 0. The summed E-state index contributed by atoms with van der Waals surface area (Å²) < 4.78 is 3.91. The first-order chi connectivity index (χ1) is 51.4. The lowest BCUT2D eigenvalue weighted by molar-refractivity contribution is 1.00. The molecule has 19 aromatic carbocycles. The van der Waals surface area contributed by atoms with E-state index in [-0.39, 0.29) is 11.1 Å². The van der Waals surface area contributed by atoms with Gasteiger partial charge in [-0.05, 0) is 260 Å². The van der Waals surface area contributed by atoms with Crippen LogP contribution in [0.2, 0.25) is 0 Å². The first-order valence-corrected chi connectivity index (χ1v) is 37.0. The van der Waals surface area contributed by atoms with E-state index in [2.05, 4.69) is 285 Å². The van der Waals surface area contributed by atoms with Gasteiger partial charge in [-0.25, -0.2) is 0 Å². The van der Waals surface area contributed by atoms with Crippen molar-refractivity contribution in [2.24, 2.45) is 0 Å². The summed E-state index contributed by atoms with van der Waals surface area (Å²) in [4.78, 5) is 33.5. The normalized spacial score (nSPS) is 12.6. The zero-order valence-electron chi connectivity index (χ0n) is 55.7. The van der Waals surface area contributed by atoms with Gasteiger partial charge in [0, 0.05) is 41.1 Å². The van der Waals surface area contributed by atoms with E-state index in [9.17, 15) is 4.79 Å². The average molecular weight is 1360 g/mol. The Bertz CT molecular complexity index is 7640. The summed E-state index contributed by atoms with van der Waals surface area (Å²) in [7, 11) is 0. The number of fused-ring (bicyclic) bond motifs is 26. The fourth-order valence-corrected chi connectivity index (χ4v) is 20.1. The second kappa shape index (κ2) is 21.8. The lowest BCUT2D eigenvalue weighted by Crippen LogP contribution is -2.22. The van der Waals surface area contributed by atoms with Gasteiger partial charge in [0.15, 0.2) is 0 Å². The Labute approximate surface area is 603 Å². The third-order valence-electron chi connectivity index (χ3n) is 22.6. The Morgan fingerprint density at radius 1 is 0.163 bits per heavy atom. The lowest BCUT2D eigenvalue weighted by atomic mass is 9.88. The van der Waals surface area contributed by atoms with Crippen molar-refractivity contribution in [1.82, 2.24) is 9.13 Å². The van der Waals surface area contributed by atoms with E-state index in [1.807, 2.05) is 51.6 Å². The molecule has 0 spiro atoms. The maximum Gasteiger partial charge on any atom is 0.263 e. The summed E-state index contributed by atoms with van der Waals surface area (Å²) in [5, 5.41) is 27.6. The molecule has 23 rings (SSSR count). The van der Waals surface area contributed by atoms with Gasteiger partial charge in [0.25, 0.3) is 11.1 Å². The maximum absolute atomic E-state index is 15.0. The first-order valence-electron chi connectivity index (χ1n) is 35.4. The molecule has 2 aromatic heterocycles. The van der Waals surface area contributed by atoms with Crippen LogP contribution in [0.3, 0.4) is 0 Å². The van der Waals surface area contributed by atoms with E-state index < -0.39 is 0 Å². The number of nitrogens with zero attached hydrogens (tertiary/aromatic N) is 2. The topological polar surface area (TPSA) is 44.0 Å². The molecule has 21 aromatic rings. The summed E-state index contributed by atoms with van der Waals surface area (Å²) in [6.45, 7) is 0. The zero-order valence-corrected chi connectivity index (χ0v) is 57.3. The van der Waals surface area contributed by atoms with Crippen molar-refractivity contribution in [3.63, 3.8) is 0 Å². The van der Waals surface area contributed by atoms with Gasteiger partial charge >= 0.3 is 0 Å². The highest BCUT2D eigenvalue weighted by Gasteiger charge is 2.28. The summed E-state index contributed by atoms with van der Waals surface area (Å²) in [5.74, 6) is 0. The predicted octanol–water partition coefficient (Wildman–Crippen LogP) is 26.2. The number of para-hydroxylation sites is 1. The van der Waals surface area contributed by atoms with Crippen LogP contribution in [0.1, 0.15) is 0 Å². The van der Waals surface area contributed by atoms with Gasteiger partial charge < -0.3 is 0 Å². The Hall–Kier alpha value is -12.8. The van der Waals surface area contributed by atoms with E-state index >= 15 is 4.79 Å². The van der Waals surface area contributed by atoms with Crippen LogP contribution in [-0.2, 0) is 0 Å². The predicted molar refractivity (Wildman–Crippen MR) is 441 cm³/mol. The van der Waals surface area contributed by atoms with Gasteiger partial charge in [-0.15, -0.1) is 0 Å². The van der Waals surface area contributed by atoms with Crippen LogP contribution in [0, 0.1) is 0 Å². The van der Waals surface area contributed by atoms with Crippen LogP contribution in [0.4, 0.5) is 0 Å². The molecule has 0 amide bonds. The van der Waals surface area contributed by atoms with Crippen LogP contribution >= 0.6 is 23.5 Å². The Balaban J connectivity index is 0.622. The minimum Gasteiger partial charge on any atom is -0.274 e. The van der Waals surface area contributed by atoms with Crippen molar-refractivity contribution in [2.75, 3.05) is 0 Å². The van der Waals surface area contributed by atoms with E-state index in [1.54, 1.807) is 23.5 Å². The molecule has 2 aliphatic heterocycles. The minimum atomic E-state index is -0.00839. The highest BCUT2D eigenvalue weighted by atomic mass is 32.2. The van der Waals surface area contributed by atoms with Gasteiger partial charge in [-0.2, -0.15) is 0 Å². The Morgan fingerprint density at radius 2 is 0.413 bits per heavy atom. The van der Waals surface area contributed by atoms with E-state index in [0.29, 0.717) is 5.39 Å². The Morgan fingerprint density at radius 3 is 0.817 bits per heavy atom. The third kappa shape index (κ3) is 8.35. The lowest BCUT2D eigenvalue weighted by Gasteiger charge is -2.25. The molecule has 4 heterocycles. The zero-order chi connectivity index (χ0) is 68.2. The summed E-state index contributed by atoms with van der Waals surface area (Å²) in [6.07, 6.45) is 0. The van der Waals surface area contributed by atoms with Crippen molar-refractivity contribution < 1.29 is 0 Å². The molecule has 0 radical (unpaired) electrons. The molecule has 4 nitrogen and oxygen atoms in total. The van der Waals surface area contributed by atoms with Crippen LogP contribution in [0.15, 0.2) is 357 Å². The number of aromatic nitrogens is 2. The van der Waals surface area contributed by atoms with Crippen molar-refractivity contribution in [3.05, 3.63) is 348 Å². The number of pyridine rings is 2. The van der Waals surface area contributed by atoms with Crippen molar-refractivity contribution >= 4 is 164 Å². The molecule has 0 aliphatic carbocycles. The van der Waals surface area contributed by atoms with E-state index in [4.69, 9.17) is 0 Å². The van der Waals surface area contributed by atoms with Gasteiger partial charge in [-0.3, -0.25) is 18.7 Å². The van der Waals surface area contributed by atoms with E-state index in [1.165, 1.54) is 97.0 Å². The summed E-state index contributed by atoms with van der Waals surface area (Å²) >= 11 is 3.50. The standard InChI is InChI=1S/C98H54N2O2S2/c101-97-80-28-11-9-26-73(80)87-50-63(53-93-95(87)99(97)89-30-13-14-31-91(89)103-93)56-17-15-16-55(44-56)57-34-41-78-83(45-57)71-24-7-4-21-68(71)76-38-32-58(46-85(76)78)59-33-39-77-69-22-5-8-25-72(69)84-48-60(35-42-79(84)86(77)47-59)62-37-43-90-92(52-62)104-94-54-64(51-88-74-27-10-12-29-81(74)98(102)100(90)96(88)94)61-36-40-75-67-20-2-1-18-65(67)66-19-3-6-23-70(66)82(75)49-61/h1-54H. The van der Waals surface area contributed by atoms with Crippen LogP contribution < -0.4 is 11.1 Å². The quantitative estimate of drug-likeness (QED) is 0.161. The number of hydrogen-bond acceptors (Lipinski definition) is 4. The molecule has 0 saturated carbocycles. The third-order valence-corrected chi connectivity index (χ3v) is 24.8. The summed E-state index contributed by atoms with van der Waals surface area (Å²) in [6, 6.07) is 119. The number of benzene rings is 19. The SMILES string of the molecule is O=c1c2ccccc2c2cc(-c3cccc(-c4ccc5c(c4)c4ccccc4c4ccc(-c6ccc7c8ccccc8c8cc(-c9ccc%10c(c9)Sc9cc(-c%11ccc%12c%13ccccc%13c%13ccccc%13c%12c%11)cc%11c%12ccccc%12c(=O)n-%10c9%11)ccc8c7c6)cc45)c3)cc3c2n1-c1ccccc1S3. The largest absolute Gasteiger partial charge is 0.274 e. The smallest absolute Gasteiger partial charge is 0.263 e. The van der Waals surface area contributed by atoms with Gasteiger partial charge in [0.2, 0.25) is 0 Å². The van der Waals surface area contributed by atoms with E-state index in [0.717, 1.165) is 125 Å². The van der Waals surface area contributed by atoms with Crippen molar-refractivity contribution in [1.29, 1.82) is 0 Å². The first kappa shape index (κ1) is 57.9. The molecule has 0 unspecified atom stereocenters. The van der Waals surface area contributed by atoms with Gasteiger partial charge in [-0.1, -0.05) is 254 Å².